The first-order valence-electron chi connectivity index (χ1n) is 17.4. The lowest BCUT2D eigenvalue weighted by Crippen LogP contribution is -2.53. The summed E-state index contributed by atoms with van der Waals surface area (Å²) in [5.41, 5.74) is 8.11. The first-order chi connectivity index (χ1) is 23.3. The van der Waals surface area contributed by atoms with Crippen LogP contribution in [0.1, 0.15) is 62.9 Å². The number of hydrogen-bond acceptors (Lipinski definition) is 7. The van der Waals surface area contributed by atoms with Crippen LogP contribution in [0.25, 0.3) is 22.2 Å². The predicted octanol–water partition coefficient (Wildman–Crippen LogP) is 6.11. The maximum atomic E-state index is 13.2. The van der Waals surface area contributed by atoms with Gasteiger partial charge in [0.2, 0.25) is 0 Å². The number of urea groups is 1. The summed E-state index contributed by atoms with van der Waals surface area (Å²) in [5, 5.41) is 19.8. The normalized spacial score (nSPS) is 19.0. The number of benzene rings is 2. The van der Waals surface area contributed by atoms with Crippen LogP contribution in [0.5, 0.6) is 0 Å². The molecule has 0 bridgehead atoms. The van der Waals surface area contributed by atoms with Gasteiger partial charge in [0.1, 0.15) is 0 Å². The molecule has 256 valence electrons. The highest BCUT2D eigenvalue weighted by Crippen LogP contribution is 2.32. The Hall–Kier alpha value is -3.70. The van der Waals surface area contributed by atoms with Gasteiger partial charge in [-0.05, 0) is 74.9 Å². The van der Waals surface area contributed by atoms with E-state index in [0.717, 1.165) is 103 Å². The minimum atomic E-state index is -0.239. The molecule has 4 N–H and O–H groups in total. The molecule has 2 aliphatic rings. The van der Waals surface area contributed by atoms with E-state index in [0.29, 0.717) is 36.2 Å². The Balaban J connectivity index is 1.13. The van der Waals surface area contributed by atoms with E-state index >= 15 is 0 Å². The summed E-state index contributed by atoms with van der Waals surface area (Å²) in [6.07, 6.45) is 4.50. The molecular formula is C37H49ClN8O2. The van der Waals surface area contributed by atoms with Crippen molar-refractivity contribution in [2.45, 2.75) is 91.3 Å². The molecule has 0 spiro atoms. The summed E-state index contributed by atoms with van der Waals surface area (Å²) in [6.45, 7) is 14.6. The fourth-order valence-corrected chi connectivity index (χ4v) is 7.31. The van der Waals surface area contributed by atoms with E-state index < -0.39 is 0 Å². The third-order valence-electron chi connectivity index (χ3n) is 9.36. The molecule has 2 saturated heterocycles. The van der Waals surface area contributed by atoms with Crippen LogP contribution in [-0.2, 0) is 37.3 Å². The number of nitrogens with one attached hydrogen (secondary N) is 4. The predicted molar refractivity (Wildman–Crippen MR) is 193 cm³/mol. The molecule has 6 rings (SSSR count). The molecule has 0 aliphatic carbocycles. The number of carbonyl (C=O) groups is 1. The van der Waals surface area contributed by atoms with Crippen LogP contribution in [0.2, 0.25) is 5.02 Å². The maximum Gasteiger partial charge on any atom is 0.315 e. The number of fused-ring (bicyclic) bond motifs is 1. The molecule has 2 aliphatic heterocycles. The Bertz CT molecular complexity index is 1710. The highest BCUT2D eigenvalue weighted by atomic mass is 35.5. The topological polar surface area (TPSA) is 108 Å². The summed E-state index contributed by atoms with van der Waals surface area (Å²) in [6, 6.07) is 15.6. The molecule has 4 aromatic rings. The molecule has 4 heterocycles. The fourth-order valence-electron chi connectivity index (χ4n) is 7.08. The van der Waals surface area contributed by atoms with Gasteiger partial charge in [0.05, 0.1) is 17.3 Å². The van der Waals surface area contributed by atoms with E-state index in [1.807, 2.05) is 23.0 Å². The van der Waals surface area contributed by atoms with E-state index in [4.69, 9.17) is 21.3 Å². The number of aryl methyl sites for hydroxylation is 2. The molecule has 2 fully saturated rings. The first-order valence-corrected chi connectivity index (χ1v) is 17.8. The van der Waals surface area contributed by atoms with Crippen molar-refractivity contribution >= 4 is 34.4 Å². The molecule has 0 unspecified atom stereocenters. The van der Waals surface area contributed by atoms with Gasteiger partial charge >= 0.3 is 6.03 Å². The van der Waals surface area contributed by atoms with Gasteiger partial charge in [-0.1, -0.05) is 42.8 Å². The summed E-state index contributed by atoms with van der Waals surface area (Å²) in [4.78, 5) is 20.7. The number of anilines is 1. The fraction of sp³-hybridized carbons (Fsp3) is 0.486. The number of rotatable bonds is 11. The van der Waals surface area contributed by atoms with Crippen molar-refractivity contribution in [1.29, 1.82) is 0 Å². The van der Waals surface area contributed by atoms with Crippen molar-refractivity contribution in [2.24, 2.45) is 0 Å². The Kier molecular flexibility index (Phi) is 11.2. The number of aromatic nitrogens is 3. The molecule has 0 saturated carbocycles. The quantitative estimate of drug-likeness (QED) is 0.152. The van der Waals surface area contributed by atoms with E-state index in [9.17, 15) is 4.79 Å². The zero-order valence-electron chi connectivity index (χ0n) is 28.6. The maximum absolute atomic E-state index is 13.2. The number of pyridine rings is 1. The molecule has 2 aromatic heterocycles. The summed E-state index contributed by atoms with van der Waals surface area (Å²) < 4.78 is 7.53. The van der Waals surface area contributed by atoms with Crippen molar-refractivity contribution in [3.63, 3.8) is 0 Å². The zero-order chi connectivity index (χ0) is 33.6. The van der Waals surface area contributed by atoms with Gasteiger partial charge in [-0.25, -0.2) is 14.5 Å². The second kappa shape index (κ2) is 15.7. The van der Waals surface area contributed by atoms with Crippen LogP contribution < -0.4 is 21.3 Å². The molecular weight excluding hydrogens is 624 g/mol. The van der Waals surface area contributed by atoms with Crippen molar-refractivity contribution in [2.75, 3.05) is 31.6 Å². The van der Waals surface area contributed by atoms with E-state index in [-0.39, 0.29) is 6.03 Å². The van der Waals surface area contributed by atoms with Crippen LogP contribution in [-0.4, -0.2) is 70.1 Å². The molecule has 2 amide bonds. The van der Waals surface area contributed by atoms with Crippen molar-refractivity contribution in [1.82, 2.24) is 35.6 Å². The molecule has 10 nitrogen and oxygen atoms in total. The molecule has 48 heavy (non-hydrogen) atoms. The lowest BCUT2D eigenvalue weighted by molar-refractivity contribution is 0.0904. The van der Waals surface area contributed by atoms with Crippen LogP contribution >= 0.6 is 11.6 Å². The minimum absolute atomic E-state index is 0.239. The van der Waals surface area contributed by atoms with Gasteiger partial charge in [0.25, 0.3) is 0 Å². The van der Waals surface area contributed by atoms with Crippen LogP contribution in [0, 0.1) is 0 Å². The van der Waals surface area contributed by atoms with Gasteiger partial charge in [0.15, 0.2) is 5.65 Å². The number of ether oxygens (including phenoxy) is 1. The third-order valence-corrected chi connectivity index (χ3v) is 9.69. The summed E-state index contributed by atoms with van der Waals surface area (Å²) >= 11 is 6.72. The first kappa shape index (κ1) is 34.2. The van der Waals surface area contributed by atoms with Crippen LogP contribution in [0.15, 0.2) is 48.7 Å². The second-order valence-electron chi connectivity index (χ2n) is 13.2. The number of halogens is 1. The Labute approximate surface area is 289 Å². The van der Waals surface area contributed by atoms with Crippen LogP contribution in [0.4, 0.5) is 10.5 Å². The van der Waals surface area contributed by atoms with Gasteiger partial charge in [-0.2, -0.15) is 5.10 Å². The second-order valence-corrected chi connectivity index (χ2v) is 13.6. The highest BCUT2D eigenvalue weighted by molar-refractivity contribution is 6.33. The Morgan fingerprint density at radius 1 is 1.02 bits per heavy atom. The van der Waals surface area contributed by atoms with Crippen molar-refractivity contribution < 1.29 is 9.53 Å². The zero-order valence-corrected chi connectivity index (χ0v) is 29.4. The molecule has 11 heteroatoms. The van der Waals surface area contributed by atoms with Gasteiger partial charge in [0, 0.05) is 92.5 Å². The number of carbonyl (C=O) groups excluding carboxylic acids is 1. The van der Waals surface area contributed by atoms with Crippen molar-refractivity contribution in [3.8, 4) is 11.1 Å². The average Bonchev–Trinajstić information content (AvgIpc) is 3.50. The van der Waals surface area contributed by atoms with Crippen LogP contribution in [0.3, 0.4) is 0 Å². The van der Waals surface area contributed by atoms with E-state index in [1.165, 1.54) is 5.56 Å². The number of nitrogens with zero attached hydrogens (tertiary/aromatic N) is 4. The Morgan fingerprint density at radius 2 is 1.79 bits per heavy atom. The van der Waals surface area contributed by atoms with E-state index in [2.05, 4.69) is 89.3 Å². The number of piperazine rings is 1. The SMILES string of the molecule is CCc1nc2c(cnn2CC)c(NC2CCOCC2)c1CNC(=O)NCc1ccc(Cl)c(-c2cccc(CN3C[C@@H](C)N[C@@H](C)C3)c2)c1. The van der Waals surface area contributed by atoms with Gasteiger partial charge < -0.3 is 26.0 Å². The molecule has 2 atom stereocenters. The third kappa shape index (κ3) is 8.11. The lowest BCUT2D eigenvalue weighted by atomic mass is 10.00. The highest BCUT2D eigenvalue weighted by Gasteiger charge is 2.23. The minimum Gasteiger partial charge on any atom is -0.381 e. The van der Waals surface area contributed by atoms with Gasteiger partial charge in [-0.3, -0.25) is 4.90 Å². The summed E-state index contributed by atoms with van der Waals surface area (Å²) in [7, 11) is 0. The number of amides is 2. The summed E-state index contributed by atoms with van der Waals surface area (Å²) in [5.74, 6) is 0. The number of hydrogen-bond donors (Lipinski definition) is 4. The largest absolute Gasteiger partial charge is 0.381 e. The molecule has 2 aromatic carbocycles. The average molecular weight is 673 g/mol. The monoisotopic (exact) mass is 672 g/mol. The molecule has 0 radical (unpaired) electrons. The standard InChI is InChI=1S/C37H49ClN8O2/c1-5-34-31(35(43-29-12-14-48-15-13-29)32-20-41-46(6-2)36(32)44-34)19-40-37(47)39-18-26-10-11-33(38)30(17-26)28-9-7-8-27(16-28)23-45-21-24(3)42-25(4)22-45/h7-11,16-17,20,24-25,29,42H,5-6,12-15,18-19,21-23H2,1-4H3,(H,43,44)(H2,39,40,47)/t24-,25+. The van der Waals surface area contributed by atoms with E-state index in [1.54, 1.807) is 0 Å². The smallest absolute Gasteiger partial charge is 0.315 e. The van der Waals surface area contributed by atoms with Crippen molar-refractivity contribution in [3.05, 3.63) is 76.1 Å². The Morgan fingerprint density at radius 3 is 2.54 bits per heavy atom. The van der Waals surface area contributed by atoms with Gasteiger partial charge in [-0.15, -0.1) is 0 Å². The lowest BCUT2D eigenvalue weighted by Gasteiger charge is -2.36.